The highest BCUT2D eigenvalue weighted by atomic mass is 16.5. The normalized spacial score (nSPS) is 11.1. The summed E-state index contributed by atoms with van der Waals surface area (Å²) in [6.45, 7) is 1.50. The Kier molecular flexibility index (Phi) is 9.55. The van der Waals surface area contributed by atoms with Crippen molar-refractivity contribution in [1.82, 2.24) is 4.90 Å². The minimum Gasteiger partial charge on any atom is -0.493 e. The first-order valence-corrected chi connectivity index (χ1v) is 10.0. The first kappa shape index (κ1) is 23.9. The van der Waals surface area contributed by atoms with E-state index in [2.05, 4.69) is 22.8 Å². The van der Waals surface area contributed by atoms with Gasteiger partial charge in [-0.2, -0.15) is 5.26 Å². The number of hydrogen-bond donors (Lipinski definition) is 0. The maximum absolute atomic E-state index is 9.55. The molecule has 0 radical (unpaired) electrons. The first-order valence-electron chi connectivity index (χ1n) is 10.0. The van der Waals surface area contributed by atoms with Crippen molar-refractivity contribution in [3.8, 4) is 40.9 Å². The van der Waals surface area contributed by atoms with Crippen LogP contribution in [0.3, 0.4) is 0 Å². The molecule has 0 aromatic heterocycles. The summed E-state index contributed by atoms with van der Waals surface area (Å²) in [5.41, 5.74) is 2.05. The number of hydrogen-bond acceptors (Lipinski definition) is 6. The lowest BCUT2D eigenvalue weighted by Crippen LogP contribution is -2.21. The molecule has 0 aliphatic carbocycles. The largest absolute Gasteiger partial charge is 0.493 e. The molecule has 6 heteroatoms. The maximum atomic E-state index is 9.55. The van der Waals surface area contributed by atoms with Crippen LogP contribution in [0.4, 0.5) is 0 Å². The first-order chi connectivity index (χ1) is 15.1. The SMILES string of the molecule is COc1ccc(CCN(C)CC#CCC(C#N)c2ccc(OC)c(OC)c2)cc1OC. The van der Waals surface area contributed by atoms with Crippen LogP contribution in [-0.2, 0) is 6.42 Å². The highest BCUT2D eigenvalue weighted by Crippen LogP contribution is 2.31. The van der Waals surface area contributed by atoms with Gasteiger partial charge in [0.2, 0.25) is 0 Å². The number of nitrogens with zero attached hydrogens (tertiary/aromatic N) is 2. The third-order valence-electron chi connectivity index (χ3n) is 4.98. The Morgan fingerprint density at radius 2 is 1.45 bits per heavy atom. The monoisotopic (exact) mass is 422 g/mol. The molecule has 0 amide bonds. The van der Waals surface area contributed by atoms with Crippen LogP contribution < -0.4 is 18.9 Å². The van der Waals surface area contributed by atoms with E-state index >= 15 is 0 Å². The number of nitriles is 1. The van der Waals surface area contributed by atoms with Gasteiger partial charge in [0.1, 0.15) is 0 Å². The molecule has 2 aromatic carbocycles. The zero-order chi connectivity index (χ0) is 22.6. The van der Waals surface area contributed by atoms with Crippen molar-refractivity contribution in [3.05, 3.63) is 47.5 Å². The predicted molar refractivity (Wildman–Crippen MR) is 121 cm³/mol. The Morgan fingerprint density at radius 3 is 2.06 bits per heavy atom. The van der Waals surface area contributed by atoms with Gasteiger partial charge < -0.3 is 18.9 Å². The van der Waals surface area contributed by atoms with E-state index in [0.717, 1.165) is 30.0 Å². The summed E-state index contributed by atoms with van der Waals surface area (Å²) in [4.78, 5) is 2.15. The summed E-state index contributed by atoms with van der Waals surface area (Å²) in [5, 5.41) is 9.55. The smallest absolute Gasteiger partial charge is 0.161 e. The van der Waals surface area contributed by atoms with Gasteiger partial charge in [0.05, 0.1) is 47.0 Å². The maximum Gasteiger partial charge on any atom is 0.161 e. The van der Waals surface area contributed by atoms with Crippen LogP contribution in [0.2, 0.25) is 0 Å². The Balaban J connectivity index is 1.88. The highest BCUT2D eigenvalue weighted by Gasteiger charge is 2.13. The number of likely N-dealkylation sites (N-methyl/N-ethyl adjacent to an activating group) is 1. The number of rotatable bonds is 10. The second kappa shape index (κ2) is 12.4. The number of methoxy groups -OCH3 is 4. The van der Waals surface area contributed by atoms with Crippen molar-refractivity contribution in [2.24, 2.45) is 0 Å². The molecule has 164 valence electrons. The van der Waals surface area contributed by atoms with Gasteiger partial charge in [-0.25, -0.2) is 0 Å². The molecule has 0 N–H and O–H groups in total. The fourth-order valence-electron chi connectivity index (χ4n) is 3.11. The molecule has 2 rings (SSSR count). The second-order valence-electron chi connectivity index (χ2n) is 7.03. The van der Waals surface area contributed by atoms with E-state index in [4.69, 9.17) is 18.9 Å². The van der Waals surface area contributed by atoms with Crippen molar-refractivity contribution < 1.29 is 18.9 Å². The van der Waals surface area contributed by atoms with Gasteiger partial charge in [0.25, 0.3) is 0 Å². The van der Waals surface area contributed by atoms with Gasteiger partial charge in [-0.1, -0.05) is 18.1 Å². The molecule has 31 heavy (non-hydrogen) atoms. The van der Waals surface area contributed by atoms with E-state index in [1.54, 1.807) is 28.4 Å². The standard InChI is InChI=1S/C25H30N2O4/c1-27(15-13-19-9-11-22(28-2)24(16-19)30-4)14-7-6-8-21(18-26)20-10-12-23(29-3)25(17-20)31-5/h9-12,16-17,21H,8,13-15H2,1-5H3. The van der Waals surface area contributed by atoms with Gasteiger partial charge in [0.15, 0.2) is 23.0 Å². The van der Waals surface area contributed by atoms with E-state index in [9.17, 15) is 5.26 Å². The van der Waals surface area contributed by atoms with Crippen LogP contribution in [0.15, 0.2) is 36.4 Å². The average molecular weight is 423 g/mol. The van der Waals surface area contributed by atoms with Crippen LogP contribution in [-0.4, -0.2) is 53.5 Å². The molecule has 0 spiro atoms. The molecule has 0 aliphatic heterocycles. The fourth-order valence-corrected chi connectivity index (χ4v) is 3.11. The van der Waals surface area contributed by atoms with E-state index in [1.807, 2.05) is 43.4 Å². The van der Waals surface area contributed by atoms with Gasteiger partial charge in [-0.15, -0.1) is 5.92 Å². The summed E-state index contributed by atoms with van der Waals surface area (Å²) in [6.07, 6.45) is 1.35. The molecule has 0 heterocycles. The molecule has 6 nitrogen and oxygen atoms in total. The Labute approximate surface area is 185 Å². The van der Waals surface area contributed by atoms with Crippen molar-refractivity contribution in [2.75, 3.05) is 48.6 Å². The molecular weight excluding hydrogens is 392 g/mol. The summed E-state index contributed by atoms with van der Waals surface area (Å²) in [7, 11) is 8.48. The van der Waals surface area contributed by atoms with Gasteiger partial charge in [-0.3, -0.25) is 4.90 Å². The van der Waals surface area contributed by atoms with E-state index < -0.39 is 0 Å². The van der Waals surface area contributed by atoms with E-state index in [-0.39, 0.29) is 5.92 Å². The van der Waals surface area contributed by atoms with Gasteiger partial charge >= 0.3 is 0 Å². The molecular formula is C25H30N2O4. The quantitative estimate of drug-likeness (QED) is 0.541. The Hall–Kier alpha value is -3.35. The minimum absolute atomic E-state index is 0.315. The summed E-state index contributed by atoms with van der Waals surface area (Å²) in [5.74, 6) is 8.72. The molecule has 0 fully saturated rings. The zero-order valence-corrected chi connectivity index (χ0v) is 18.9. The van der Waals surface area contributed by atoms with Crippen molar-refractivity contribution in [2.45, 2.75) is 18.8 Å². The van der Waals surface area contributed by atoms with Crippen molar-refractivity contribution in [3.63, 3.8) is 0 Å². The van der Waals surface area contributed by atoms with Crippen LogP contribution in [0, 0.1) is 23.2 Å². The molecule has 0 saturated heterocycles. The Morgan fingerprint density at radius 1 is 0.839 bits per heavy atom. The zero-order valence-electron chi connectivity index (χ0n) is 18.9. The van der Waals surface area contributed by atoms with E-state index in [0.29, 0.717) is 24.5 Å². The molecule has 2 aromatic rings. The topological polar surface area (TPSA) is 64.0 Å². The molecule has 0 aliphatic rings. The minimum atomic E-state index is -0.315. The van der Waals surface area contributed by atoms with Crippen LogP contribution in [0.1, 0.15) is 23.5 Å². The third kappa shape index (κ3) is 6.84. The third-order valence-corrected chi connectivity index (χ3v) is 4.98. The number of ether oxygens (including phenoxy) is 4. The lowest BCUT2D eigenvalue weighted by molar-refractivity contribution is 0.353. The van der Waals surface area contributed by atoms with Crippen LogP contribution in [0.5, 0.6) is 23.0 Å². The molecule has 0 bridgehead atoms. The highest BCUT2D eigenvalue weighted by molar-refractivity contribution is 5.45. The van der Waals surface area contributed by atoms with Crippen molar-refractivity contribution >= 4 is 0 Å². The van der Waals surface area contributed by atoms with Gasteiger partial charge in [0, 0.05) is 13.0 Å². The van der Waals surface area contributed by atoms with E-state index in [1.165, 1.54) is 5.56 Å². The lowest BCUT2D eigenvalue weighted by atomic mass is 9.97. The summed E-state index contributed by atoms with van der Waals surface area (Å²) in [6, 6.07) is 13.8. The van der Waals surface area contributed by atoms with Gasteiger partial charge in [-0.05, 0) is 48.9 Å². The van der Waals surface area contributed by atoms with Crippen LogP contribution >= 0.6 is 0 Å². The Bertz CT molecular complexity index is 956. The summed E-state index contributed by atoms with van der Waals surface area (Å²) < 4.78 is 21.2. The van der Waals surface area contributed by atoms with Crippen molar-refractivity contribution in [1.29, 1.82) is 5.26 Å². The molecule has 1 unspecified atom stereocenters. The summed E-state index contributed by atoms with van der Waals surface area (Å²) >= 11 is 0. The van der Waals surface area contributed by atoms with Crippen LogP contribution in [0.25, 0.3) is 0 Å². The number of benzene rings is 2. The average Bonchev–Trinajstić information content (AvgIpc) is 2.82. The fraction of sp³-hybridized carbons (Fsp3) is 0.400. The second-order valence-corrected chi connectivity index (χ2v) is 7.03. The predicted octanol–water partition coefficient (Wildman–Crippen LogP) is 3.90. The molecule has 0 saturated carbocycles. The molecule has 1 atom stereocenters. The lowest BCUT2D eigenvalue weighted by Gasteiger charge is -2.14.